The number of aromatic nitrogens is 2. The molecular formula is C14H11N3. The molecule has 3 nitrogen and oxygen atoms in total. The summed E-state index contributed by atoms with van der Waals surface area (Å²) in [6.45, 7) is 0. The molecule has 3 aromatic rings. The van der Waals surface area contributed by atoms with E-state index in [9.17, 15) is 0 Å². The molecule has 2 aromatic heterocycles. The number of pyridine rings is 2. The van der Waals surface area contributed by atoms with Gasteiger partial charge in [-0.2, -0.15) is 0 Å². The standard InChI is InChI=1S/C14H11N3/c15-11-4-1-3-10(9-11)14-12-5-2-7-16-13(12)6-8-17-14/h1-9H,15H2. The van der Waals surface area contributed by atoms with Crippen LogP contribution in [-0.2, 0) is 0 Å². The molecule has 0 saturated carbocycles. The van der Waals surface area contributed by atoms with Crippen LogP contribution in [0.2, 0.25) is 0 Å². The Kier molecular flexibility index (Phi) is 2.22. The van der Waals surface area contributed by atoms with Crippen LogP contribution in [0.4, 0.5) is 5.69 Å². The average molecular weight is 221 g/mol. The third-order valence-electron chi connectivity index (χ3n) is 2.69. The van der Waals surface area contributed by atoms with Crippen molar-refractivity contribution in [3.8, 4) is 11.3 Å². The van der Waals surface area contributed by atoms with E-state index in [0.29, 0.717) is 0 Å². The van der Waals surface area contributed by atoms with Crippen molar-refractivity contribution in [1.82, 2.24) is 9.97 Å². The van der Waals surface area contributed by atoms with Gasteiger partial charge in [-0.15, -0.1) is 0 Å². The van der Waals surface area contributed by atoms with Gasteiger partial charge in [0.05, 0.1) is 11.2 Å². The van der Waals surface area contributed by atoms with Gasteiger partial charge in [-0.25, -0.2) is 0 Å². The van der Waals surface area contributed by atoms with Crippen molar-refractivity contribution in [1.29, 1.82) is 0 Å². The zero-order valence-corrected chi connectivity index (χ0v) is 9.17. The molecule has 0 radical (unpaired) electrons. The summed E-state index contributed by atoms with van der Waals surface area (Å²) in [6.07, 6.45) is 3.55. The number of fused-ring (bicyclic) bond motifs is 1. The molecule has 0 saturated heterocycles. The van der Waals surface area contributed by atoms with E-state index >= 15 is 0 Å². The molecule has 0 spiro atoms. The number of anilines is 1. The molecule has 0 unspecified atom stereocenters. The number of benzene rings is 1. The lowest BCUT2D eigenvalue weighted by atomic mass is 10.1. The van der Waals surface area contributed by atoms with Gasteiger partial charge in [0.1, 0.15) is 0 Å². The molecule has 2 heterocycles. The molecule has 0 aliphatic heterocycles. The first kappa shape index (κ1) is 9.78. The third kappa shape index (κ3) is 1.72. The van der Waals surface area contributed by atoms with Crippen LogP contribution in [0.5, 0.6) is 0 Å². The summed E-state index contributed by atoms with van der Waals surface area (Å²) in [4.78, 5) is 8.74. The zero-order valence-electron chi connectivity index (χ0n) is 9.17. The Morgan fingerprint density at radius 2 is 1.82 bits per heavy atom. The van der Waals surface area contributed by atoms with Crippen LogP contribution in [-0.4, -0.2) is 9.97 Å². The van der Waals surface area contributed by atoms with Gasteiger partial charge in [-0.1, -0.05) is 12.1 Å². The highest BCUT2D eigenvalue weighted by Gasteiger charge is 2.05. The van der Waals surface area contributed by atoms with Gasteiger partial charge < -0.3 is 5.73 Å². The summed E-state index contributed by atoms with van der Waals surface area (Å²) >= 11 is 0. The quantitative estimate of drug-likeness (QED) is 0.643. The summed E-state index contributed by atoms with van der Waals surface area (Å²) in [6, 6.07) is 13.6. The SMILES string of the molecule is Nc1cccc(-c2nccc3ncccc23)c1. The summed E-state index contributed by atoms with van der Waals surface area (Å²) < 4.78 is 0. The molecule has 0 aliphatic carbocycles. The minimum atomic E-state index is 0.741. The van der Waals surface area contributed by atoms with Crippen molar-refractivity contribution in [3.63, 3.8) is 0 Å². The van der Waals surface area contributed by atoms with Crippen molar-refractivity contribution in [3.05, 3.63) is 54.9 Å². The van der Waals surface area contributed by atoms with Crippen LogP contribution in [0.1, 0.15) is 0 Å². The fraction of sp³-hybridized carbons (Fsp3) is 0. The zero-order chi connectivity index (χ0) is 11.7. The third-order valence-corrected chi connectivity index (χ3v) is 2.69. The number of nitrogens with two attached hydrogens (primary N) is 1. The first-order valence-electron chi connectivity index (χ1n) is 5.40. The van der Waals surface area contributed by atoms with E-state index in [1.807, 2.05) is 42.5 Å². The molecule has 0 aliphatic rings. The molecule has 0 bridgehead atoms. The molecule has 0 fully saturated rings. The van der Waals surface area contributed by atoms with Crippen LogP contribution in [0.15, 0.2) is 54.9 Å². The lowest BCUT2D eigenvalue weighted by Gasteiger charge is -2.05. The maximum absolute atomic E-state index is 5.80. The summed E-state index contributed by atoms with van der Waals surface area (Å²) in [5.41, 5.74) is 9.42. The largest absolute Gasteiger partial charge is 0.399 e. The van der Waals surface area contributed by atoms with Gasteiger partial charge in [-0.3, -0.25) is 9.97 Å². The van der Waals surface area contributed by atoms with Crippen LogP contribution in [0, 0.1) is 0 Å². The van der Waals surface area contributed by atoms with E-state index in [-0.39, 0.29) is 0 Å². The Bertz CT molecular complexity index is 672. The van der Waals surface area contributed by atoms with Crippen molar-refractivity contribution in [2.24, 2.45) is 0 Å². The maximum atomic E-state index is 5.80. The molecule has 0 atom stereocenters. The number of nitrogen functional groups attached to an aromatic ring is 1. The number of rotatable bonds is 1. The molecular weight excluding hydrogens is 210 g/mol. The Hall–Kier alpha value is -2.42. The maximum Gasteiger partial charge on any atom is 0.0796 e. The topological polar surface area (TPSA) is 51.8 Å². The fourth-order valence-electron chi connectivity index (χ4n) is 1.92. The van der Waals surface area contributed by atoms with Crippen molar-refractivity contribution in [2.45, 2.75) is 0 Å². The first-order chi connectivity index (χ1) is 8.34. The Morgan fingerprint density at radius 1 is 0.882 bits per heavy atom. The second-order valence-electron chi connectivity index (χ2n) is 3.86. The van der Waals surface area contributed by atoms with Crippen LogP contribution in [0.3, 0.4) is 0 Å². The molecule has 0 amide bonds. The van der Waals surface area contributed by atoms with Crippen molar-refractivity contribution >= 4 is 16.6 Å². The number of hydrogen-bond acceptors (Lipinski definition) is 3. The van der Waals surface area contributed by atoms with Gasteiger partial charge in [-0.05, 0) is 30.3 Å². The van der Waals surface area contributed by atoms with Crippen LogP contribution >= 0.6 is 0 Å². The lowest BCUT2D eigenvalue weighted by Crippen LogP contribution is -1.89. The second-order valence-corrected chi connectivity index (χ2v) is 3.86. The highest BCUT2D eigenvalue weighted by molar-refractivity contribution is 5.92. The van der Waals surface area contributed by atoms with E-state index in [2.05, 4.69) is 9.97 Å². The molecule has 3 rings (SSSR count). The summed E-state index contributed by atoms with van der Waals surface area (Å²) in [7, 11) is 0. The minimum Gasteiger partial charge on any atom is -0.399 e. The van der Waals surface area contributed by atoms with E-state index in [1.165, 1.54) is 0 Å². The minimum absolute atomic E-state index is 0.741. The highest BCUT2D eigenvalue weighted by Crippen LogP contribution is 2.26. The summed E-state index contributed by atoms with van der Waals surface area (Å²) in [5.74, 6) is 0. The van der Waals surface area contributed by atoms with E-state index in [0.717, 1.165) is 27.8 Å². The van der Waals surface area contributed by atoms with Gasteiger partial charge in [0, 0.05) is 29.0 Å². The molecule has 2 N–H and O–H groups in total. The Labute approximate surface area is 98.9 Å². The second kappa shape index (κ2) is 3.87. The predicted octanol–water partition coefficient (Wildman–Crippen LogP) is 2.88. The predicted molar refractivity (Wildman–Crippen MR) is 69.4 cm³/mol. The number of hydrogen-bond donors (Lipinski definition) is 1. The van der Waals surface area contributed by atoms with Crippen molar-refractivity contribution < 1.29 is 0 Å². The molecule has 3 heteroatoms. The van der Waals surface area contributed by atoms with Gasteiger partial charge >= 0.3 is 0 Å². The number of nitrogens with zero attached hydrogens (tertiary/aromatic N) is 2. The van der Waals surface area contributed by atoms with Gasteiger partial charge in [0.25, 0.3) is 0 Å². The first-order valence-corrected chi connectivity index (χ1v) is 5.40. The van der Waals surface area contributed by atoms with Crippen LogP contribution in [0.25, 0.3) is 22.2 Å². The monoisotopic (exact) mass is 221 g/mol. The lowest BCUT2D eigenvalue weighted by molar-refractivity contribution is 1.32. The fourth-order valence-corrected chi connectivity index (χ4v) is 1.92. The Balaban J connectivity index is 2.30. The van der Waals surface area contributed by atoms with E-state index < -0.39 is 0 Å². The van der Waals surface area contributed by atoms with Gasteiger partial charge in [0.15, 0.2) is 0 Å². The van der Waals surface area contributed by atoms with Gasteiger partial charge in [0.2, 0.25) is 0 Å². The van der Waals surface area contributed by atoms with E-state index in [1.54, 1.807) is 12.4 Å². The smallest absolute Gasteiger partial charge is 0.0796 e. The highest BCUT2D eigenvalue weighted by atomic mass is 14.7. The summed E-state index contributed by atoms with van der Waals surface area (Å²) in [5, 5.41) is 1.04. The normalized spacial score (nSPS) is 10.6. The molecule has 82 valence electrons. The van der Waals surface area contributed by atoms with Crippen LogP contribution < -0.4 is 5.73 Å². The average Bonchev–Trinajstić information content (AvgIpc) is 2.38. The van der Waals surface area contributed by atoms with E-state index in [4.69, 9.17) is 5.73 Å². The van der Waals surface area contributed by atoms with Crippen molar-refractivity contribution in [2.75, 3.05) is 5.73 Å². The Morgan fingerprint density at radius 3 is 2.71 bits per heavy atom. The molecule has 17 heavy (non-hydrogen) atoms. The molecule has 1 aromatic carbocycles.